The minimum atomic E-state index is 1.28. The van der Waals surface area contributed by atoms with Gasteiger partial charge in [-0.2, -0.15) is 0 Å². The minimum absolute atomic E-state index is 1.28. The Labute approximate surface area is 94.2 Å². The van der Waals surface area contributed by atoms with Crippen molar-refractivity contribution in [3.05, 3.63) is 28.9 Å². The Bertz CT molecular complexity index is 472. The van der Waals surface area contributed by atoms with E-state index in [1.54, 1.807) is 10.4 Å². The van der Waals surface area contributed by atoms with Crippen molar-refractivity contribution < 1.29 is 0 Å². The lowest BCUT2D eigenvalue weighted by atomic mass is 9.98. The normalized spacial score (nSPS) is 17.1. The predicted molar refractivity (Wildman–Crippen MR) is 65.5 cm³/mol. The lowest BCUT2D eigenvalue weighted by Crippen LogP contribution is -1.95. The molecule has 78 valence electrons. The topological polar surface area (TPSA) is 12.9 Å². The molecule has 0 aromatic carbocycles. The van der Waals surface area contributed by atoms with Crippen molar-refractivity contribution in [1.29, 1.82) is 0 Å². The van der Waals surface area contributed by atoms with Crippen molar-refractivity contribution >= 4 is 21.4 Å². The van der Waals surface area contributed by atoms with Crippen molar-refractivity contribution in [1.82, 2.24) is 4.98 Å². The van der Waals surface area contributed by atoms with E-state index in [0.29, 0.717) is 0 Å². The van der Waals surface area contributed by atoms with Crippen LogP contribution in [0.3, 0.4) is 0 Å². The van der Waals surface area contributed by atoms with E-state index in [1.165, 1.54) is 48.6 Å². The van der Waals surface area contributed by atoms with Crippen molar-refractivity contribution in [3.8, 4) is 0 Å². The number of fused-ring (bicyclic) bond motifs is 3. The molecule has 0 N–H and O–H groups in total. The zero-order valence-corrected chi connectivity index (χ0v) is 9.65. The van der Waals surface area contributed by atoms with E-state index in [-0.39, 0.29) is 0 Å². The van der Waals surface area contributed by atoms with E-state index in [2.05, 4.69) is 11.1 Å². The molecule has 0 saturated carbocycles. The molecule has 0 bridgehead atoms. The molecular formula is C13H15NS. The summed E-state index contributed by atoms with van der Waals surface area (Å²) in [5, 5.41) is 1.46. The number of thiophene rings is 1. The summed E-state index contributed by atoms with van der Waals surface area (Å²) >= 11 is 1.96. The Kier molecular flexibility index (Phi) is 2.45. The molecule has 2 heteroatoms. The van der Waals surface area contributed by atoms with Crippen molar-refractivity contribution in [3.63, 3.8) is 0 Å². The molecule has 2 heterocycles. The van der Waals surface area contributed by atoms with Gasteiger partial charge in [-0.25, -0.2) is 0 Å². The van der Waals surface area contributed by atoms with E-state index in [0.717, 1.165) is 0 Å². The highest BCUT2D eigenvalue weighted by Crippen LogP contribution is 2.34. The molecule has 3 rings (SSSR count). The summed E-state index contributed by atoms with van der Waals surface area (Å²) in [6.45, 7) is 0. The number of aromatic nitrogens is 1. The zero-order chi connectivity index (χ0) is 10.1. The van der Waals surface area contributed by atoms with Crippen LogP contribution in [0.2, 0.25) is 0 Å². The Morgan fingerprint density at radius 1 is 1.07 bits per heavy atom. The van der Waals surface area contributed by atoms with Gasteiger partial charge >= 0.3 is 0 Å². The molecule has 1 aliphatic rings. The van der Waals surface area contributed by atoms with Gasteiger partial charge in [-0.3, -0.25) is 4.98 Å². The molecule has 0 aliphatic heterocycles. The first kappa shape index (κ1) is 9.34. The van der Waals surface area contributed by atoms with E-state index in [1.807, 2.05) is 23.7 Å². The Hall–Kier alpha value is -0.890. The highest BCUT2D eigenvalue weighted by Gasteiger charge is 2.13. The third kappa shape index (κ3) is 1.67. The molecular weight excluding hydrogens is 202 g/mol. The Morgan fingerprint density at radius 2 is 1.93 bits per heavy atom. The van der Waals surface area contributed by atoms with Gasteiger partial charge < -0.3 is 0 Å². The maximum Gasteiger partial charge on any atom is 0.0531 e. The highest BCUT2D eigenvalue weighted by molar-refractivity contribution is 7.19. The molecule has 0 amide bonds. The average Bonchev–Trinajstić information content (AvgIpc) is 2.55. The van der Waals surface area contributed by atoms with Crippen LogP contribution in [0, 0.1) is 0 Å². The van der Waals surface area contributed by atoms with E-state index in [4.69, 9.17) is 0 Å². The monoisotopic (exact) mass is 217 g/mol. The first-order valence-electron chi connectivity index (χ1n) is 5.79. The van der Waals surface area contributed by atoms with Gasteiger partial charge in [0.15, 0.2) is 0 Å². The first-order valence-corrected chi connectivity index (χ1v) is 6.61. The number of pyridine rings is 1. The van der Waals surface area contributed by atoms with Gasteiger partial charge in [-0.05, 0) is 42.7 Å². The van der Waals surface area contributed by atoms with E-state index >= 15 is 0 Å². The lowest BCUT2D eigenvalue weighted by Gasteiger charge is -2.09. The summed E-state index contributed by atoms with van der Waals surface area (Å²) in [5.41, 5.74) is 1.62. The van der Waals surface area contributed by atoms with Crippen LogP contribution in [0.5, 0.6) is 0 Å². The van der Waals surface area contributed by atoms with Gasteiger partial charge in [-0.15, -0.1) is 11.3 Å². The SMILES string of the molecule is c1cc2c3c(sc2cn1)CCCCCC3. The fraction of sp³-hybridized carbons (Fsp3) is 0.462. The van der Waals surface area contributed by atoms with Gasteiger partial charge in [0.2, 0.25) is 0 Å². The molecule has 0 unspecified atom stereocenters. The first-order chi connectivity index (χ1) is 7.45. The second-order valence-corrected chi connectivity index (χ2v) is 5.43. The lowest BCUT2D eigenvalue weighted by molar-refractivity contribution is 0.624. The second-order valence-electron chi connectivity index (χ2n) is 4.29. The van der Waals surface area contributed by atoms with Crippen LogP contribution >= 0.6 is 11.3 Å². The fourth-order valence-corrected chi connectivity index (χ4v) is 3.73. The number of nitrogens with zero attached hydrogens (tertiary/aromatic N) is 1. The predicted octanol–water partition coefficient (Wildman–Crippen LogP) is 3.96. The Balaban J connectivity index is 2.15. The van der Waals surface area contributed by atoms with Crippen LogP contribution in [0.15, 0.2) is 18.5 Å². The van der Waals surface area contributed by atoms with Gasteiger partial charge in [0.25, 0.3) is 0 Å². The van der Waals surface area contributed by atoms with E-state index in [9.17, 15) is 0 Å². The quantitative estimate of drug-likeness (QED) is 0.651. The van der Waals surface area contributed by atoms with Gasteiger partial charge in [0.1, 0.15) is 0 Å². The maximum absolute atomic E-state index is 4.21. The van der Waals surface area contributed by atoms with Crippen molar-refractivity contribution in [2.24, 2.45) is 0 Å². The van der Waals surface area contributed by atoms with Crippen LogP contribution < -0.4 is 0 Å². The van der Waals surface area contributed by atoms with Crippen LogP contribution in [0.1, 0.15) is 36.1 Å². The zero-order valence-electron chi connectivity index (χ0n) is 8.83. The molecule has 0 radical (unpaired) electrons. The van der Waals surface area contributed by atoms with Crippen molar-refractivity contribution in [2.75, 3.05) is 0 Å². The number of aryl methyl sites for hydroxylation is 2. The molecule has 2 aromatic rings. The second kappa shape index (κ2) is 3.93. The van der Waals surface area contributed by atoms with Crippen molar-refractivity contribution in [2.45, 2.75) is 38.5 Å². The third-order valence-corrected chi connectivity index (χ3v) is 4.50. The molecule has 1 aliphatic carbocycles. The van der Waals surface area contributed by atoms with Crippen LogP contribution in [0.4, 0.5) is 0 Å². The summed E-state index contributed by atoms with van der Waals surface area (Å²) in [7, 11) is 0. The molecule has 1 nitrogen and oxygen atoms in total. The molecule has 2 aromatic heterocycles. The van der Waals surface area contributed by atoms with Gasteiger partial charge in [0.05, 0.1) is 4.70 Å². The molecule has 0 spiro atoms. The summed E-state index contributed by atoms with van der Waals surface area (Å²) in [6, 6.07) is 2.19. The molecule has 0 fully saturated rings. The summed E-state index contributed by atoms with van der Waals surface area (Å²) in [6.07, 6.45) is 12.1. The maximum atomic E-state index is 4.21. The average molecular weight is 217 g/mol. The summed E-state index contributed by atoms with van der Waals surface area (Å²) < 4.78 is 1.38. The molecule has 15 heavy (non-hydrogen) atoms. The third-order valence-electron chi connectivity index (χ3n) is 3.26. The number of hydrogen-bond acceptors (Lipinski definition) is 2. The van der Waals surface area contributed by atoms with Crippen LogP contribution in [-0.2, 0) is 12.8 Å². The largest absolute Gasteiger partial charge is 0.263 e. The minimum Gasteiger partial charge on any atom is -0.263 e. The Morgan fingerprint density at radius 3 is 2.87 bits per heavy atom. The summed E-state index contributed by atoms with van der Waals surface area (Å²) in [5.74, 6) is 0. The molecule has 0 saturated heterocycles. The van der Waals surface area contributed by atoms with Gasteiger partial charge in [0, 0.05) is 17.3 Å². The van der Waals surface area contributed by atoms with E-state index < -0.39 is 0 Å². The van der Waals surface area contributed by atoms with Crippen LogP contribution in [-0.4, -0.2) is 4.98 Å². The smallest absolute Gasteiger partial charge is 0.0531 e. The van der Waals surface area contributed by atoms with Gasteiger partial charge in [-0.1, -0.05) is 12.8 Å². The van der Waals surface area contributed by atoms with Crippen LogP contribution in [0.25, 0.3) is 10.1 Å². The number of hydrogen-bond donors (Lipinski definition) is 0. The summed E-state index contributed by atoms with van der Waals surface area (Å²) in [4.78, 5) is 5.84. The number of rotatable bonds is 0. The highest BCUT2D eigenvalue weighted by atomic mass is 32.1. The fourth-order valence-electron chi connectivity index (χ4n) is 2.47. The standard InChI is InChI=1S/C13H15NS/c1-2-4-6-12-10(5-3-1)11-7-8-14-9-13(11)15-12/h7-9H,1-6H2. The molecule has 0 atom stereocenters.